The third-order valence-corrected chi connectivity index (χ3v) is 2.98. The number of nitrogens with two attached hydrogens (primary N) is 1. The lowest BCUT2D eigenvalue weighted by molar-refractivity contribution is -0.130. The molecule has 0 aromatic heterocycles. The smallest absolute Gasteiger partial charge is 0.238 e. The first-order valence-electron chi connectivity index (χ1n) is 6.21. The van der Waals surface area contributed by atoms with E-state index in [-0.39, 0.29) is 5.91 Å². The summed E-state index contributed by atoms with van der Waals surface area (Å²) in [4.78, 5) is 13.3. The Bertz CT molecular complexity index is 433. The molecule has 0 spiro atoms. The summed E-state index contributed by atoms with van der Waals surface area (Å²) in [5, 5.41) is 0. The van der Waals surface area contributed by atoms with Gasteiger partial charge in [-0.2, -0.15) is 0 Å². The Morgan fingerprint density at radius 2 is 2.05 bits per heavy atom. The fraction of sp³-hybridized carbons (Fsp3) is 0.500. The number of rotatable bonds is 6. The Hall–Kier alpha value is -1.75. The number of amides is 1. The summed E-state index contributed by atoms with van der Waals surface area (Å²) in [5.41, 5.74) is 6.60. The third kappa shape index (κ3) is 4.13. The summed E-state index contributed by atoms with van der Waals surface area (Å²) >= 11 is 0. The van der Waals surface area contributed by atoms with Crippen LogP contribution in [0.1, 0.15) is 12.5 Å². The topological polar surface area (TPSA) is 64.8 Å². The second-order valence-electron chi connectivity index (χ2n) is 4.48. The standard InChI is InChI=1S/C14H22N2O3/c1-10(15)14(17)16(2)8-7-11-5-6-12(18-3)9-13(11)19-4/h5-6,9-10H,7-8,15H2,1-4H3. The van der Waals surface area contributed by atoms with Crippen LogP contribution in [0.2, 0.25) is 0 Å². The van der Waals surface area contributed by atoms with Crippen LogP contribution in [0, 0.1) is 0 Å². The minimum atomic E-state index is -0.470. The molecule has 19 heavy (non-hydrogen) atoms. The van der Waals surface area contributed by atoms with E-state index in [9.17, 15) is 4.79 Å². The van der Waals surface area contributed by atoms with E-state index in [1.165, 1.54) is 0 Å². The molecule has 0 heterocycles. The van der Waals surface area contributed by atoms with Gasteiger partial charge in [0.05, 0.1) is 20.3 Å². The number of methoxy groups -OCH3 is 2. The van der Waals surface area contributed by atoms with Crippen LogP contribution in [0.25, 0.3) is 0 Å². The molecular weight excluding hydrogens is 244 g/mol. The molecule has 1 aromatic carbocycles. The second-order valence-corrected chi connectivity index (χ2v) is 4.48. The van der Waals surface area contributed by atoms with Crippen LogP contribution < -0.4 is 15.2 Å². The first-order chi connectivity index (χ1) is 8.99. The monoisotopic (exact) mass is 266 g/mol. The number of hydrogen-bond acceptors (Lipinski definition) is 4. The highest BCUT2D eigenvalue weighted by molar-refractivity contribution is 5.80. The zero-order valence-corrected chi connectivity index (χ0v) is 12.0. The van der Waals surface area contributed by atoms with Crippen LogP contribution >= 0.6 is 0 Å². The van der Waals surface area contributed by atoms with Crippen LogP contribution in [0.15, 0.2) is 18.2 Å². The van der Waals surface area contributed by atoms with Gasteiger partial charge in [-0.3, -0.25) is 4.79 Å². The van der Waals surface area contributed by atoms with Gasteiger partial charge in [-0.05, 0) is 25.0 Å². The van der Waals surface area contributed by atoms with Crippen molar-refractivity contribution in [3.8, 4) is 11.5 Å². The van der Waals surface area contributed by atoms with Gasteiger partial charge >= 0.3 is 0 Å². The van der Waals surface area contributed by atoms with Crippen molar-refractivity contribution in [2.45, 2.75) is 19.4 Å². The number of benzene rings is 1. The average molecular weight is 266 g/mol. The van der Waals surface area contributed by atoms with Crippen molar-refractivity contribution < 1.29 is 14.3 Å². The minimum Gasteiger partial charge on any atom is -0.497 e. The van der Waals surface area contributed by atoms with Crippen LogP contribution in [-0.4, -0.2) is 44.7 Å². The van der Waals surface area contributed by atoms with Gasteiger partial charge in [0.25, 0.3) is 0 Å². The maximum absolute atomic E-state index is 11.7. The molecule has 1 amide bonds. The van der Waals surface area contributed by atoms with Crippen molar-refractivity contribution in [2.24, 2.45) is 5.73 Å². The molecule has 5 heteroatoms. The normalized spacial score (nSPS) is 11.8. The van der Waals surface area contributed by atoms with Gasteiger partial charge < -0.3 is 20.1 Å². The van der Waals surface area contributed by atoms with Gasteiger partial charge in [0.1, 0.15) is 11.5 Å². The summed E-state index contributed by atoms with van der Waals surface area (Å²) < 4.78 is 10.5. The summed E-state index contributed by atoms with van der Waals surface area (Å²) in [7, 11) is 4.99. The van der Waals surface area contributed by atoms with Crippen molar-refractivity contribution in [3.05, 3.63) is 23.8 Å². The van der Waals surface area contributed by atoms with Gasteiger partial charge in [-0.1, -0.05) is 6.07 Å². The molecule has 0 saturated heterocycles. The Morgan fingerprint density at radius 3 is 2.58 bits per heavy atom. The van der Waals surface area contributed by atoms with Crippen LogP contribution in [0.3, 0.4) is 0 Å². The molecule has 1 rings (SSSR count). The first kappa shape index (κ1) is 15.3. The fourth-order valence-corrected chi connectivity index (χ4v) is 1.80. The van der Waals surface area contributed by atoms with Crippen molar-refractivity contribution in [1.29, 1.82) is 0 Å². The lowest BCUT2D eigenvalue weighted by Gasteiger charge is -2.20. The molecule has 0 aliphatic rings. The van der Waals surface area contributed by atoms with Crippen molar-refractivity contribution in [2.75, 3.05) is 27.8 Å². The van der Waals surface area contributed by atoms with E-state index < -0.39 is 6.04 Å². The van der Waals surface area contributed by atoms with Crippen LogP contribution in [0.4, 0.5) is 0 Å². The maximum Gasteiger partial charge on any atom is 0.238 e. The number of ether oxygens (including phenoxy) is 2. The predicted octanol–water partition coefficient (Wildman–Crippen LogP) is 1.05. The Labute approximate surface area is 114 Å². The molecule has 106 valence electrons. The fourth-order valence-electron chi connectivity index (χ4n) is 1.80. The molecule has 0 radical (unpaired) electrons. The average Bonchev–Trinajstić information content (AvgIpc) is 2.43. The molecule has 1 unspecified atom stereocenters. The van der Waals surface area contributed by atoms with E-state index in [0.29, 0.717) is 13.0 Å². The largest absolute Gasteiger partial charge is 0.497 e. The lowest BCUT2D eigenvalue weighted by Crippen LogP contribution is -2.40. The molecule has 0 bridgehead atoms. The maximum atomic E-state index is 11.7. The second kappa shape index (κ2) is 6.99. The highest BCUT2D eigenvalue weighted by Crippen LogP contribution is 2.24. The van der Waals surface area contributed by atoms with E-state index in [2.05, 4.69) is 0 Å². The Balaban J connectivity index is 2.70. The Morgan fingerprint density at radius 1 is 1.37 bits per heavy atom. The molecule has 0 saturated carbocycles. The highest BCUT2D eigenvalue weighted by atomic mass is 16.5. The molecule has 0 aliphatic carbocycles. The van der Waals surface area contributed by atoms with Crippen molar-refractivity contribution in [1.82, 2.24) is 4.90 Å². The van der Waals surface area contributed by atoms with E-state index in [4.69, 9.17) is 15.2 Å². The molecule has 5 nitrogen and oxygen atoms in total. The lowest BCUT2D eigenvalue weighted by atomic mass is 10.1. The summed E-state index contributed by atoms with van der Waals surface area (Å²) in [6.07, 6.45) is 0.710. The summed E-state index contributed by atoms with van der Waals surface area (Å²) in [5.74, 6) is 1.45. The number of hydrogen-bond donors (Lipinski definition) is 1. The van der Waals surface area contributed by atoms with Gasteiger partial charge in [-0.25, -0.2) is 0 Å². The van der Waals surface area contributed by atoms with E-state index >= 15 is 0 Å². The number of likely N-dealkylation sites (N-methyl/N-ethyl adjacent to an activating group) is 1. The molecular formula is C14H22N2O3. The number of carbonyl (C=O) groups is 1. The highest BCUT2D eigenvalue weighted by Gasteiger charge is 2.14. The zero-order valence-electron chi connectivity index (χ0n) is 12.0. The molecule has 2 N–H and O–H groups in total. The summed E-state index contributed by atoms with van der Waals surface area (Å²) in [6, 6.07) is 5.19. The van der Waals surface area contributed by atoms with Crippen molar-refractivity contribution in [3.63, 3.8) is 0 Å². The quantitative estimate of drug-likeness (QED) is 0.836. The van der Waals surface area contributed by atoms with Gasteiger partial charge in [0, 0.05) is 19.7 Å². The van der Waals surface area contributed by atoms with E-state index in [1.54, 1.807) is 33.1 Å². The Kier molecular flexibility index (Phi) is 5.63. The van der Waals surface area contributed by atoms with E-state index in [1.807, 2.05) is 18.2 Å². The zero-order chi connectivity index (χ0) is 14.4. The first-order valence-corrected chi connectivity index (χ1v) is 6.21. The number of nitrogens with zero attached hydrogens (tertiary/aromatic N) is 1. The summed E-state index contributed by atoms with van der Waals surface area (Å²) in [6.45, 7) is 2.29. The minimum absolute atomic E-state index is 0.0625. The van der Waals surface area contributed by atoms with Crippen LogP contribution in [-0.2, 0) is 11.2 Å². The predicted molar refractivity (Wildman–Crippen MR) is 74.5 cm³/mol. The van der Waals surface area contributed by atoms with Crippen molar-refractivity contribution >= 4 is 5.91 Å². The van der Waals surface area contributed by atoms with Crippen LogP contribution in [0.5, 0.6) is 11.5 Å². The molecule has 0 fully saturated rings. The van der Waals surface area contributed by atoms with Gasteiger partial charge in [-0.15, -0.1) is 0 Å². The third-order valence-electron chi connectivity index (χ3n) is 2.98. The van der Waals surface area contributed by atoms with E-state index in [0.717, 1.165) is 17.1 Å². The molecule has 0 aliphatic heterocycles. The molecule has 1 aromatic rings. The number of carbonyl (C=O) groups excluding carboxylic acids is 1. The molecule has 1 atom stereocenters. The SMILES string of the molecule is COc1ccc(CCN(C)C(=O)C(C)N)c(OC)c1. The van der Waals surface area contributed by atoms with Gasteiger partial charge in [0.15, 0.2) is 0 Å². The van der Waals surface area contributed by atoms with Gasteiger partial charge in [0.2, 0.25) is 5.91 Å².